The summed E-state index contributed by atoms with van der Waals surface area (Å²) in [6, 6.07) is -0.221. The van der Waals surface area contributed by atoms with Gasteiger partial charge >= 0.3 is 0 Å². The fraction of sp³-hybridized carbons (Fsp3) is 0.857. The lowest BCUT2D eigenvalue weighted by atomic mass is 10.4. The van der Waals surface area contributed by atoms with E-state index >= 15 is 0 Å². The molecule has 0 bridgehead atoms. The molecule has 0 saturated heterocycles. The second kappa shape index (κ2) is 4.67. The lowest BCUT2D eigenvalue weighted by molar-refractivity contribution is -0.869. The first kappa shape index (κ1) is 11.7. The van der Waals surface area contributed by atoms with E-state index in [1.165, 1.54) is 0 Å². The van der Waals surface area contributed by atoms with Crippen LogP contribution in [0, 0.1) is 5.41 Å². The maximum Gasteiger partial charge on any atom is 0.279 e. The van der Waals surface area contributed by atoms with Gasteiger partial charge in [-0.1, -0.05) is 15.9 Å². The second-order valence-corrected chi connectivity index (χ2v) is 5.04. The van der Waals surface area contributed by atoms with E-state index in [4.69, 9.17) is 15.9 Å². The predicted molar refractivity (Wildman–Crippen MR) is 53.5 cm³/mol. The summed E-state index contributed by atoms with van der Waals surface area (Å²) in [4.78, 5) is 0.237. The van der Waals surface area contributed by atoms with Gasteiger partial charge in [0.2, 0.25) is 0 Å². The molecule has 0 heterocycles. The first-order valence-corrected chi connectivity index (χ1v) is 4.64. The van der Waals surface area contributed by atoms with Gasteiger partial charge in [-0.05, 0) is 0 Å². The Labute approximate surface area is 81.9 Å². The van der Waals surface area contributed by atoms with Crippen molar-refractivity contribution in [2.75, 3.05) is 34.3 Å². The van der Waals surface area contributed by atoms with Gasteiger partial charge in [0.1, 0.15) is 6.61 Å². The molecule has 0 aliphatic carbocycles. The van der Waals surface area contributed by atoms with Crippen LogP contribution < -0.4 is 5.73 Å². The molecular formula is C7H17BrN3O+. The molecular weight excluding hydrogens is 222 g/mol. The molecule has 0 aromatic rings. The Morgan fingerprint density at radius 3 is 2.42 bits per heavy atom. The van der Waals surface area contributed by atoms with E-state index < -0.39 is 0 Å². The van der Waals surface area contributed by atoms with Crippen LogP contribution in [0.25, 0.3) is 0 Å². The van der Waals surface area contributed by atoms with Crippen molar-refractivity contribution in [1.82, 2.24) is 0 Å². The van der Waals surface area contributed by atoms with Crippen molar-refractivity contribution in [3.63, 3.8) is 0 Å². The third-order valence-electron chi connectivity index (χ3n) is 1.17. The SMILES string of the molecule is C[N+](C)(C)C[C@@H](Br)COC(=N)N. The highest BCUT2D eigenvalue weighted by atomic mass is 79.9. The average molecular weight is 239 g/mol. The fourth-order valence-electron chi connectivity index (χ4n) is 0.827. The Morgan fingerprint density at radius 2 is 2.08 bits per heavy atom. The summed E-state index contributed by atoms with van der Waals surface area (Å²) in [6.45, 7) is 1.39. The topological polar surface area (TPSA) is 59.1 Å². The van der Waals surface area contributed by atoms with Crippen LogP contribution in [0.2, 0.25) is 0 Å². The number of rotatable bonds is 4. The molecule has 72 valence electrons. The number of nitrogens with zero attached hydrogens (tertiary/aromatic N) is 1. The van der Waals surface area contributed by atoms with E-state index in [1.807, 2.05) is 0 Å². The first-order chi connectivity index (χ1) is 5.31. The van der Waals surface area contributed by atoms with Crippen molar-refractivity contribution in [1.29, 1.82) is 5.41 Å². The summed E-state index contributed by atoms with van der Waals surface area (Å²) in [5.41, 5.74) is 5.04. The van der Waals surface area contributed by atoms with Crippen LogP contribution in [0.15, 0.2) is 0 Å². The summed E-state index contributed by atoms with van der Waals surface area (Å²) >= 11 is 3.45. The zero-order chi connectivity index (χ0) is 9.78. The molecule has 5 heteroatoms. The van der Waals surface area contributed by atoms with Crippen molar-refractivity contribution in [2.24, 2.45) is 5.73 Å². The van der Waals surface area contributed by atoms with E-state index in [9.17, 15) is 0 Å². The van der Waals surface area contributed by atoms with E-state index in [-0.39, 0.29) is 10.8 Å². The minimum atomic E-state index is -0.221. The van der Waals surface area contributed by atoms with Crippen molar-refractivity contribution < 1.29 is 9.22 Å². The molecule has 0 aromatic carbocycles. The molecule has 0 aliphatic rings. The Hall–Kier alpha value is -0.290. The molecule has 1 atom stereocenters. The minimum Gasteiger partial charge on any atom is -0.464 e. The normalized spacial score (nSPS) is 14.0. The largest absolute Gasteiger partial charge is 0.464 e. The van der Waals surface area contributed by atoms with Crippen LogP contribution in [0.5, 0.6) is 0 Å². The summed E-state index contributed by atoms with van der Waals surface area (Å²) in [6.07, 6.45) is 0. The highest BCUT2D eigenvalue weighted by Gasteiger charge is 2.15. The summed E-state index contributed by atoms with van der Waals surface area (Å²) in [5, 5.41) is 6.85. The molecule has 0 saturated carbocycles. The molecule has 0 fully saturated rings. The number of alkyl halides is 1. The Balaban J connectivity index is 3.60. The Bertz CT molecular complexity index is 155. The maximum atomic E-state index is 6.85. The third-order valence-corrected chi connectivity index (χ3v) is 1.72. The van der Waals surface area contributed by atoms with Crippen LogP contribution in [0.1, 0.15) is 0 Å². The monoisotopic (exact) mass is 238 g/mol. The Kier molecular flexibility index (Phi) is 4.55. The van der Waals surface area contributed by atoms with Gasteiger partial charge in [0.25, 0.3) is 6.02 Å². The number of ether oxygens (including phenoxy) is 1. The van der Waals surface area contributed by atoms with Gasteiger partial charge in [-0.3, -0.25) is 5.41 Å². The van der Waals surface area contributed by atoms with Crippen LogP contribution in [-0.4, -0.2) is 49.6 Å². The Morgan fingerprint density at radius 1 is 1.58 bits per heavy atom. The van der Waals surface area contributed by atoms with Gasteiger partial charge in [-0.25, -0.2) is 0 Å². The van der Waals surface area contributed by atoms with Crippen LogP contribution >= 0.6 is 15.9 Å². The molecule has 0 spiro atoms. The molecule has 0 aromatic heterocycles. The lowest BCUT2D eigenvalue weighted by Crippen LogP contribution is -2.41. The zero-order valence-corrected chi connectivity index (χ0v) is 9.39. The van der Waals surface area contributed by atoms with Crippen molar-refractivity contribution >= 4 is 22.0 Å². The van der Waals surface area contributed by atoms with Gasteiger partial charge in [-0.15, -0.1) is 0 Å². The smallest absolute Gasteiger partial charge is 0.279 e. The zero-order valence-electron chi connectivity index (χ0n) is 7.80. The van der Waals surface area contributed by atoms with Crippen LogP contribution in [0.3, 0.4) is 0 Å². The molecule has 0 aliphatic heterocycles. The number of nitrogens with two attached hydrogens (primary N) is 1. The standard InChI is InChI=1S/C7H17BrN3O/c1-11(2,3)4-6(8)5-12-7(9)10/h6H,4-5H2,1-3H3,(H3,9,10)/q+1/t6-/m1/s1. The lowest BCUT2D eigenvalue weighted by Gasteiger charge is -2.26. The molecule has 0 amide bonds. The van der Waals surface area contributed by atoms with Crippen LogP contribution in [-0.2, 0) is 4.74 Å². The molecule has 3 N–H and O–H groups in total. The van der Waals surface area contributed by atoms with Gasteiger partial charge in [0.15, 0.2) is 0 Å². The molecule has 12 heavy (non-hydrogen) atoms. The first-order valence-electron chi connectivity index (χ1n) is 3.72. The van der Waals surface area contributed by atoms with Crippen molar-refractivity contribution in [2.45, 2.75) is 4.83 Å². The molecule has 0 unspecified atom stereocenters. The number of hydrogen-bond donors (Lipinski definition) is 2. The van der Waals surface area contributed by atoms with Crippen LogP contribution in [0.4, 0.5) is 0 Å². The fourth-order valence-corrected chi connectivity index (χ4v) is 1.83. The van der Waals surface area contributed by atoms with E-state index in [2.05, 4.69) is 37.1 Å². The number of halogens is 1. The molecule has 0 radical (unpaired) electrons. The van der Waals surface area contributed by atoms with E-state index in [0.29, 0.717) is 6.61 Å². The molecule has 4 nitrogen and oxygen atoms in total. The predicted octanol–water partition coefficient (Wildman–Crippen LogP) is 0.366. The average Bonchev–Trinajstić information content (AvgIpc) is 1.79. The summed E-state index contributed by atoms with van der Waals surface area (Å²) in [5.74, 6) is 0. The van der Waals surface area contributed by atoms with Crippen molar-refractivity contribution in [3.05, 3.63) is 0 Å². The van der Waals surface area contributed by atoms with Gasteiger partial charge in [0.05, 0.1) is 32.5 Å². The van der Waals surface area contributed by atoms with Gasteiger partial charge in [-0.2, -0.15) is 0 Å². The van der Waals surface area contributed by atoms with E-state index in [0.717, 1.165) is 11.0 Å². The summed E-state index contributed by atoms with van der Waals surface area (Å²) < 4.78 is 5.71. The number of quaternary nitrogens is 1. The third kappa shape index (κ3) is 7.81. The number of amidine groups is 1. The van der Waals surface area contributed by atoms with Crippen molar-refractivity contribution in [3.8, 4) is 0 Å². The van der Waals surface area contributed by atoms with E-state index in [1.54, 1.807) is 0 Å². The highest BCUT2D eigenvalue weighted by Crippen LogP contribution is 2.05. The maximum absolute atomic E-state index is 6.85. The van der Waals surface area contributed by atoms with Gasteiger partial charge < -0.3 is 15.0 Å². The quantitative estimate of drug-likeness (QED) is 0.322. The molecule has 0 rings (SSSR count). The number of hydrogen-bond acceptors (Lipinski definition) is 2. The number of nitrogens with one attached hydrogen (secondary N) is 1. The second-order valence-electron chi connectivity index (χ2n) is 3.75. The summed E-state index contributed by atoms with van der Waals surface area (Å²) in [7, 11) is 6.30. The minimum absolute atomic E-state index is 0.221. The highest BCUT2D eigenvalue weighted by molar-refractivity contribution is 9.09. The van der Waals surface area contributed by atoms with Gasteiger partial charge in [0, 0.05) is 0 Å².